The molecule has 0 N–H and O–H groups in total. The first-order chi connectivity index (χ1) is 8.02. The van der Waals surface area contributed by atoms with Gasteiger partial charge in [0.1, 0.15) is 5.75 Å². The van der Waals surface area contributed by atoms with E-state index in [1.54, 1.807) is 18.1 Å². The van der Waals surface area contributed by atoms with E-state index in [0.717, 1.165) is 11.3 Å². The Morgan fingerprint density at radius 2 is 2.18 bits per heavy atom. The van der Waals surface area contributed by atoms with E-state index in [0.29, 0.717) is 23.7 Å². The lowest BCUT2D eigenvalue weighted by Gasteiger charge is -2.20. The Labute approximate surface area is 110 Å². The summed E-state index contributed by atoms with van der Waals surface area (Å²) in [6.07, 6.45) is 0.367. The number of alkyl halides is 1. The van der Waals surface area contributed by atoms with Crippen LogP contribution in [0.4, 0.5) is 5.69 Å². The molecule has 1 aromatic rings. The lowest BCUT2D eigenvalue weighted by molar-refractivity contribution is -0.117. The Hall–Kier alpha value is -0.930. The summed E-state index contributed by atoms with van der Waals surface area (Å²) in [7, 11) is 1.56. The number of halogens is 2. The van der Waals surface area contributed by atoms with E-state index in [2.05, 4.69) is 0 Å². The van der Waals surface area contributed by atoms with E-state index < -0.39 is 0 Å². The molecule has 1 unspecified atom stereocenters. The number of ether oxygens (including phenoxy) is 1. The number of rotatable bonds is 2. The van der Waals surface area contributed by atoms with Crippen molar-refractivity contribution in [2.75, 3.05) is 18.6 Å². The number of carbonyl (C=O) groups excluding carboxylic acids is 1. The van der Waals surface area contributed by atoms with Gasteiger partial charge in [-0.15, -0.1) is 11.6 Å². The Morgan fingerprint density at radius 3 is 2.71 bits per heavy atom. The van der Waals surface area contributed by atoms with Gasteiger partial charge in [0.2, 0.25) is 5.91 Å². The van der Waals surface area contributed by atoms with Crippen LogP contribution < -0.4 is 9.64 Å². The van der Waals surface area contributed by atoms with Crippen LogP contribution in [-0.2, 0) is 4.79 Å². The summed E-state index contributed by atoms with van der Waals surface area (Å²) in [5, 5.41) is 0.489. The fourth-order valence-corrected chi connectivity index (χ4v) is 2.34. The number of methoxy groups -OCH3 is 1. The van der Waals surface area contributed by atoms with Gasteiger partial charge < -0.3 is 9.64 Å². The summed E-state index contributed by atoms with van der Waals surface area (Å²) >= 11 is 12.0. The molecule has 1 heterocycles. The van der Waals surface area contributed by atoms with Gasteiger partial charge in [-0.1, -0.05) is 11.6 Å². The number of nitrogens with zero attached hydrogens (tertiary/aromatic N) is 1. The summed E-state index contributed by atoms with van der Waals surface area (Å²) in [6.45, 7) is 2.40. The molecule has 1 aromatic carbocycles. The van der Waals surface area contributed by atoms with E-state index >= 15 is 0 Å². The van der Waals surface area contributed by atoms with Crippen molar-refractivity contribution in [1.82, 2.24) is 0 Å². The van der Waals surface area contributed by atoms with Gasteiger partial charge in [0.25, 0.3) is 0 Å². The van der Waals surface area contributed by atoms with Crippen LogP contribution in [0.1, 0.15) is 12.0 Å². The highest BCUT2D eigenvalue weighted by Crippen LogP contribution is 2.36. The summed E-state index contributed by atoms with van der Waals surface area (Å²) in [5.74, 6) is 0.615. The standard InChI is InChI=1S/C12H13Cl2NO2/c1-7-3-10(11(17-2)5-9(7)14)15-6-8(13)4-12(15)16/h3,5,8H,4,6H2,1-2H3. The van der Waals surface area contributed by atoms with Crippen LogP contribution in [-0.4, -0.2) is 24.9 Å². The number of anilines is 1. The topological polar surface area (TPSA) is 29.5 Å². The smallest absolute Gasteiger partial charge is 0.228 e. The lowest BCUT2D eigenvalue weighted by Crippen LogP contribution is -2.25. The molecule has 92 valence electrons. The van der Waals surface area contributed by atoms with Crippen molar-refractivity contribution >= 4 is 34.8 Å². The van der Waals surface area contributed by atoms with Crippen molar-refractivity contribution in [3.63, 3.8) is 0 Å². The molecule has 0 aliphatic carbocycles. The molecule has 2 rings (SSSR count). The van der Waals surface area contributed by atoms with Gasteiger partial charge in [0, 0.05) is 24.1 Å². The highest BCUT2D eigenvalue weighted by atomic mass is 35.5. The minimum Gasteiger partial charge on any atom is -0.495 e. The van der Waals surface area contributed by atoms with Gasteiger partial charge in [0.15, 0.2) is 0 Å². The molecule has 0 saturated carbocycles. The highest BCUT2D eigenvalue weighted by Gasteiger charge is 2.31. The molecule has 3 nitrogen and oxygen atoms in total. The van der Waals surface area contributed by atoms with Crippen molar-refractivity contribution < 1.29 is 9.53 Å². The van der Waals surface area contributed by atoms with Crippen LogP contribution in [0.15, 0.2) is 12.1 Å². The summed E-state index contributed by atoms with van der Waals surface area (Å²) < 4.78 is 5.26. The molecule has 1 saturated heterocycles. The van der Waals surface area contributed by atoms with Gasteiger partial charge in [-0.05, 0) is 18.6 Å². The number of carbonyl (C=O) groups is 1. The molecule has 17 heavy (non-hydrogen) atoms. The second-order valence-corrected chi connectivity index (χ2v) is 5.10. The second kappa shape index (κ2) is 4.75. The Morgan fingerprint density at radius 1 is 1.47 bits per heavy atom. The zero-order valence-corrected chi connectivity index (χ0v) is 11.2. The van der Waals surface area contributed by atoms with E-state index in [9.17, 15) is 4.79 Å². The average molecular weight is 274 g/mol. The molecular formula is C12H13Cl2NO2. The maximum atomic E-state index is 11.8. The first-order valence-corrected chi connectivity index (χ1v) is 6.13. The van der Waals surface area contributed by atoms with Gasteiger partial charge >= 0.3 is 0 Å². The predicted molar refractivity (Wildman–Crippen MR) is 69.4 cm³/mol. The van der Waals surface area contributed by atoms with Crippen molar-refractivity contribution in [3.8, 4) is 5.75 Å². The Kier molecular flexibility index (Phi) is 3.50. The zero-order valence-electron chi connectivity index (χ0n) is 9.67. The predicted octanol–water partition coefficient (Wildman–Crippen LogP) is 3.00. The summed E-state index contributed by atoms with van der Waals surface area (Å²) in [5.41, 5.74) is 1.65. The van der Waals surface area contributed by atoms with Crippen LogP contribution >= 0.6 is 23.2 Å². The van der Waals surface area contributed by atoms with Gasteiger partial charge in [-0.3, -0.25) is 4.79 Å². The molecule has 5 heteroatoms. The summed E-state index contributed by atoms with van der Waals surface area (Å²) in [6, 6.07) is 3.58. The second-order valence-electron chi connectivity index (χ2n) is 4.08. The minimum absolute atomic E-state index is 0.0185. The molecular weight excluding hydrogens is 261 g/mol. The quantitative estimate of drug-likeness (QED) is 0.776. The number of aryl methyl sites for hydroxylation is 1. The fraction of sp³-hybridized carbons (Fsp3) is 0.417. The SMILES string of the molecule is COc1cc(Cl)c(C)cc1N1CC(Cl)CC1=O. The monoisotopic (exact) mass is 273 g/mol. The summed E-state index contributed by atoms with van der Waals surface area (Å²) in [4.78, 5) is 13.5. The van der Waals surface area contributed by atoms with Gasteiger partial charge in [0.05, 0.1) is 18.2 Å². The number of amides is 1. The molecule has 0 bridgehead atoms. The molecule has 0 aromatic heterocycles. The molecule has 1 atom stereocenters. The van der Waals surface area contributed by atoms with Gasteiger partial charge in [-0.25, -0.2) is 0 Å². The van der Waals surface area contributed by atoms with E-state index in [1.165, 1.54) is 0 Å². The van der Waals surface area contributed by atoms with Crippen molar-refractivity contribution in [2.24, 2.45) is 0 Å². The van der Waals surface area contributed by atoms with Crippen molar-refractivity contribution in [3.05, 3.63) is 22.7 Å². The molecule has 1 aliphatic heterocycles. The minimum atomic E-state index is -0.136. The number of benzene rings is 1. The van der Waals surface area contributed by atoms with E-state index in [-0.39, 0.29) is 11.3 Å². The maximum absolute atomic E-state index is 11.8. The third-order valence-corrected chi connectivity index (χ3v) is 3.53. The first-order valence-electron chi connectivity index (χ1n) is 5.31. The largest absolute Gasteiger partial charge is 0.495 e. The van der Waals surface area contributed by atoms with Crippen molar-refractivity contribution in [1.29, 1.82) is 0 Å². The molecule has 1 aliphatic rings. The van der Waals surface area contributed by atoms with Crippen LogP contribution in [0.3, 0.4) is 0 Å². The van der Waals surface area contributed by atoms with E-state index in [4.69, 9.17) is 27.9 Å². The van der Waals surface area contributed by atoms with Crippen LogP contribution in [0.25, 0.3) is 0 Å². The van der Waals surface area contributed by atoms with E-state index in [1.807, 2.05) is 13.0 Å². The molecule has 1 amide bonds. The molecule has 0 radical (unpaired) electrons. The number of hydrogen-bond acceptors (Lipinski definition) is 2. The van der Waals surface area contributed by atoms with Crippen LogP contribution in [0, 0.1) is 6.92 Å². The normalized spacial score (nSPS) is 19.9. The van der Waals surface area contributed by atoms with Crippen LogP contribution in [0.5, 0.6) is 5.75 Å². The third kappa shape index (κ3) is 2.35. The Balaban J connectivity index is 2.44. The highest BCUT2D eigenvalue weighted by molar-refractivity contribution is 6.31. The molecule has 1 fully saturated rings. The fourth-order valence-electron chi connectivity index (χ4n) is 1.92. The van der Waals surface area contributed by atoms with Crippen LogP contribution in [0.2, 0.25) is 5.02 Å². The lowest BCUT2D eigenvalue weighted by atomic mass is 10.2. The Bertz CT molecular complexity index is 462. The van der Waals surface area contributed by atoms with Gasteiger partial charge in [-0.2, -0.15) is 0 Å². The first kappa shape index (κ1) is 12.5. The molecule has 0 spiro atoms. The third-order valence-electron chi connectivity index (χ3n) is 2.83. The number of hydrogen-bond donors (Lipinski definition) is 0. The maximum Gasteiger partial charge on any atom is 0.228 e. The zero-order chi connectivity index (χ0) is 12.6. The average Bonchev–Trinajstić information content (AvgIpc) is 2.61. The van der Waals surface area contributed by atoms with Crippen molar-refractivity contribution in [2.45, 2.75) is 18.7 Å².